The molecule has 31 heavy (non-hydrogen) atoms. The lowest BCUT2D eigenvalue weighted by molar-refractivity contribution is 0.101. The SMILES string of the molecule is Cn1c(N[C@@H]2CCCN(C(=O)O)C2Cc2ccncc2)nc(-c2ccncn2)cc1=O. The monoisotopic (exact) mass is 421 g/mol. The van der Waals surface area contributed by atoms with Gasteiger partial charge in [-0.3, -0.25) is 14.3 Å². The maximum absolute atomic E-state index is 12.5. The van der Waals surface area contributed by atoms with Crippen molar-refractivity contribution >= 4 is 12.0 Å². The fourth-order valence-electron chi connectivity index (χ4n) is 3.88. The number of piperidine rings is 1. The first-order chi connectivity index (χ1) is 15.0. The number of nitrogens with one attached hydrogen (secondary N) is 1. The number of nitrogens with zero attached hydrogens (tertiary/aromatic N) is 6. The van der Waals surface area contributed by atoms with E-state index in [1.807, 2.05) is 12.1 Å². The number of hydrogen-bond donors (Lipinski definition) is 2. The fraction of sp³-hybridized carbons (Fsp3) is 0.333. The van der Waals surface area contributed by atoms with Gasteiger partial charge in [0, 0.05) is 44.3 Å². The second-order valence-corrected chi connectivity index (χ2v) is 7.45. The Morgan fingerprint density at radius 1 is 1.19 bits per heavy atom. The average Bonchev–Trinajstić information content (AvgIpc) is 2.79. The normalized spacial score (nSPS) is 18.5. The standard InChI is InChI=1S/C21H23N7O3/c1-27-19(29)12-17(15-6-9-23-13-24-15)26-20(27)25-16-3-2-10-28(21(30)31)18(16)11-14-4-7-22-8-5-14/h4-9,12-13,16,18H,2-3,10-11H2,1H3,(H,25,26)(H,30,31)/t16-,18?/m1/s1. The summed E-state index contributed by atoms with van der Waals surface area (Å²) in [4.78, 5) is 42.6. The van der Waals surface area contributed by atoms with Crippen LogP contribution < -0.4 is 10.9 Å². The molecule has 0 radical (unpaired) electrons. The summed E-state index contributed by atoms with van der Waals surface area (Å²) in [5.41, 5.74) is 1.74. The molecule has 2 atom stereocenters. The maximum atomic E-state index is 12.5. The van der Waals surface area contributed by atoms with Crippen LogP contribution in [-0.2, 0) is 13.5 Å². The van der Waals surface area contributed by atoms with Crippen molar-refractivity contribution in [2.75, 3.05) is 11.9 Å². The highest BCUT2D eigenvalue weighted by atomic mass is 16.4. The van der Waals surface area contributed by atoms with E-state index in [0.717, 1.165) is 18.4 Å². The highest BCUT2D eigenvalue weighted by Crippen LogP contribution is 2.24. The number of hydrogen-bond acceptors (Lipinski definition) is 7. The van der Waals surface area contributed by atoms with Gasteiger partial charge in [-0.1, -0.05) is 0 Å². The third-order valence-corrected chi connectivity index (χ3v) is 5.51. The van der Waals surface area contributed by atoms with Gasteiger partial charge in [0.25, 0.3) is 5.56 Å². The number of carbonyl (C=O) groups is 1. The van der Waals surface area contributed by atoms with Crippen LogP contribution in [0.5, 0.6) is 0 Å². The van der Waals surface area contributed by atoms with E-state index in [4.69, 9.17) is 0 Å². The molecule has 0 aromatic carbocycles. The van der Waals surface area contributed by atoms with Crippen LogP contribution in [-0.4, -0.2) is 59.2 Å². The van der Waals surface area contributed by atoms with Gasteiger partial charge in [0.05, 0.1) is 17.4 Å². The molecule has 1 unspecified atom stereocenters. The fourth-order valence-corrected chi connectivity index (χ4v) is 3.88. The molecular weight excluding hydrogens is 398 g/mol. The third-order valence-electron chi connectivity index (χ3n) is 5.51. The van der Waals surface area contributed by atoms with Crippen LogP contribution in [0.1, 0.15) is 18.4 Å². The summed E-state index contributed by atoms with van der Waals surface area (Å²) in [5.74, 6) is 0.373. The van der Waals surface area contributed by atoms with E-state index >= 15 is 0 Å². The van der Waals surface area contributed by atoms with Crippen molar-refractivity contribution in [1.82, 2.24) is 29.4 Å². The van der Waals surface area contributed by atoms with E-state index in [0.29, 0.717) is 30.3 Å². The molecule has 2 N–H and O–H groups in total. The van der Waals surface area contributed by atoms with Crippen molar-refractivity contribution in [2.45, 2.75) is 31.3 Å². The van der Waals surface area contributed by atoms with Gasteiger partial charge in [0.2, 0.25) is 5.95 Å². The number of amides is 1. The van der Waals surface area contributed by atoms with Crippen molar-refractivity contribution in [2.24, 2.45) is 7.05 Å². The summed E-state index contributed by atoms with van der Waals surface area (Å²) >= 11 is 0. The Labute approximate surface area is 178 Å². The van der Waals surface area contributed by atoms with Gasteiger partial charge in [0.1, 0.15) is 6.33 Å². The molecule has 1 fully saturated rings. The number of anilines is 1. The van der Waals surface area contributed by atoms with Gasteiger partial charge in [0.15, 0.2) is 0 Å². The molecule has 1 saturated heterocycles. The first-order valence-electron chi connectivity index (χ1n) is 10.0. The van der Waals surface area contributed by atoms with Gasteiger partial charge in [-0.25, -0.2) is 19.7 Å². The molecule has 0 aliphatic carbocycles. The predicted molar refractivity (Wildman–Crippen MR) is 114 cm³/mol. The Balaban J connectivity index is 1.66. The largest absolute Gasteiger partial charge is 0.465 e. The quantitative estimate of drug-likeness (QED) is 0.639. The van der Waals surface area contributed by atoms with Gasteiger partial charge in [-0.05, 0) is 43.0 Å². The lowest BCUT2D eigenvalue weighted by atomic mass is 9.91. The van der Waals surface area contributed by atoms with E-state index in [1.165, 1.54) is 21.9 Å². The lowest BCUT2D eigenvalue weighted by Gasteiger charge is -2.40. The van der Waals surface area contributed by atoms with Crippen LogP contribution in [0.4, 0.5) is 10.7 Å². The minimum Gasteiger partial charge on any atom is -0.465 e. The molecule has 1 aliphatic rings. The summed E-state index contributed by atoms with van der Waals surface area (Å²) in [6.45, 7) is 0.469. The number of pyridine rings is 1. The van der Waals surface area contributed by atoms with Crippen LogP contribution in [0.2, 0.25) is 0 Å². The van der Waals surface area contributed by atoms with Crippen LogP contribution in [0.3, 0.4) is 0 Å². The molecule has 1 aliphatic heterocycles. The highest BCUT2D eigenvalue weighted by molar-refractivity contribution is 5.66. The number of aromatic nitrogens is 5. The molecule has 1 amide bonds. The van der Waals surface area contributed by atoms with Gasteiger partial charge in [-0.15, -0.1) is 0 Å². The maximum Gasteiger partial charge on any atom is 0.407 e. The molecule has 0 saturated carbocycles. The van der Waals surface area contributed by atoms with Gasteiger partial charge in [-0.2, -0.15) is 0 Å². The Hall–Kier alpha value is -3.82. The van der Waals surface area contributed by atoms with Crippen molar-refractivity contribution in [1.29, 1.82) is 0 Å². The highest BCUT2D eigenvalue weighted by Gasteiger charge is 2.35. The minimum atomic E-state index is -0.956. The van der Waals surface area contributed by atoms with Crippen LogP contribution in [0.25, 0.3) is 11.4 Å². The van der Waals surface area contributed by atoms with Crippen LogP contribution in [0, 0.1) is 0 Å². The van der Waals surface area contributed by atoms with Crippen molar-refractivity contribution in [3.8, 4) is 11.4 Å². The average molecular weight is 421 g/mol. The number of likely N-dealkylation sites (tertiary alicyclic amines) is 1. The van der Waals surface area contributed by atoms with Crippen molar-refractivity contribution < 1.29 is 9.90 Å². The minimum absolute atomic E-state index is 0.211. The molecule has 0 bridgehead atoms. The van der Waals surface area contributed by atoms with Crippen LogP contribution >= 0.6 is 0 Å². The molecule has 4 heterocycles. The summed E-state index contributed by atoms with van der Waals surface area (Å²) in [7, 11) is 1.64. The Morgan fingerprint density at radius 3 is 2.68 bits per heavy atom. The molecule has 4 rings (SSSR count). The smallest absolute Gasteiger partial charge is 0.407 e. The van der Waals surface area contributed by atoms with Crippen molar-refractivity contribution in [3.05, 3.63) is 65.1 Å². The molecule has 160 valence electrons. The molecule has 0 spiro atoms. The van der Waals surface area contributed by atoms with E-state index in [1.54, 1.807) is 31.7 Å². The van der Waals surface area contributed by atoms with E-state index in [-0.39, 0.29) is 17.6 Å². The van der Waals surface area contributed by atoms with Crippen molar-refractivity contribution in [3.63, 3.8) is 0 Å². The number of carboxylic acid groups (broad SMARTS) is 1. The van der Waals surface area contributed by atoms with Crippen LogP contribution in [0.15, 0.2) is 54.0 Å². The zero-order valence-electron chi connectivity index (χ0n) is 17.0. The summed E-state index contributed by atoms with van der Waals surface area (Å²) < 4.78 is 1.42. The lowest BCUT2D eigenvalue weighted by Crippen LogP contribution is -2.54. The second-order valence-electron chi connectivity index (χ2n) is 7.45. The Kier molecular flexibility index (Phi) is 5.87. The van der Waals surface area contributed by atoms with E-state index < -0.39 is 6.09 Å². The summed E-state index contributed by atoms with van der Waals surface area (Å²) in [5, 5.41) is 13.1. The van der Waals surface area contributed by atoms with Gasteiger partial charge < -0.3 is 15.3 Å². The van der Waals surface area contributed by atoms with E-state index in [2.05, 4.69) is 25.3 Å². The molecule has 3 aromatic heterocycles. The summed E-state index contributed by atoms with van der Waals surface area (Å²) in [6, 6.07) is 6.35. The first kappa shape index (κ1) is 20.5. The van der Waals surface area contributed by atoms with E-state index in [9.17, 15) is 14.7 Å². The second kappa shape index (κ2) is 8.90. The van der Waals surface area contributed by atoms with Gasteiger partial charge >= 0.3 is 6.09 Å². The number of rotatable bonds is 5. The zero-order valence-corrected chi connectivity index (χ0v) is 17.0. The Morgan fingerprint density at radius 2 is 1.97 bits per heavy atom. The topological polar surface area (TPSA) is 126 Å². The predicted octanol–water partition coefficient (Wildman–Crippen LogP) is 1.80. The summed E-state index contributed by atoms with van der Waals surface area (Å²) in [6.07, 6.45) is 7.44. The molecular formula is C21H23N7O3. The molecule has 10 nitrogen and oxygen atoms in total. The third kappa shape index (κ3) is 4.52. The Bertz CT molecular complexity index is 1100. The zero-order chi connectivity index (χ0) is 21.8. The molecule has 10 heteroatoms. The molecule has 3 aromatic rings. The first-order valence-corrected chi connectivity index (χ1v) is 10.0.